The zero-order valence-corrected chi connectivity index (χ0v) is 12.4. The molecule has 1 saturated heterocycles. The number of hydrogen-bond donors (Lipinski definition) is 1. The van der Waals surface area contributed by atoms with Crippen molar-refractivity contribution in [1.82, 2.24) is 10.2 Å². The van der Waals surface area contributed by atoms with Crippen molar-refractivity contribution in [2.75, 3.05) is 25.1 Å². The van der Waals surface area contributed by atoms with Gasteiger partial charge in [0.25, 0.3) is 0 Å². The molecule has 17 heavy (non-hydrogen) atoms. The van der Waals surface area contributed by atoms with E-state index in [1.165, 1.54) is 6.26 Å². The van der Waals surface area contributed by atoms with Crippen LogP contribution in [0.1, 0.15) is 27.7 Å². The Kier molecular flexibility index (Phi) is 4.98. The fraction of sp³-hybridized carbons (Fsp3) is 1.00. The summed E-state index contributed by atoms with van der Waals surface area (Å²) in [6.45, 7) is 10.5. The average molecular weight is 262 g/mol. The molecular formula is C12H26N2O2S. The minimum Gasteiger partial charge on any atom is -0.311 e. The fourth-order valence-corrected chi connectivity index (χ4v) is 3.57. The van der Waals surface area contributed by atoms with Crippen LogP contribution in [0.2, 0.25) is 0 Å². The van der Waals surface area contributed by atoms with Crippen molar-refractivity contribution in [3.05, 3.63) is 0 Å². The highest BCUT2D eigenvalue weighted by Gasteiger charge is 2.30. The molecule has 1 rings (SSSR count). The topological polar surface area (TPSA) is 49.4 Å². The Morgan fingerprint density at radius 3 is 2.41 bits per heavy atom. The lowest BCUT2D eigenvalue weighted by molar-refractivity contribution is 0.0940. The molecule has 0 saturated carbocycles. The molecule has 4 nitrogen and oxygen atoms in total. The lowest BCUT2D eigenvalue weighted by Crippen LogP contribution is -2.60. The van der Waals surface area contributed by atoms with E-state index in [0.29, 0.717) is 18.0 Å². The third kappa shape index (κ3) is 4.56. The predicted molar refractivity (Wildman–Crippen MR) is 72.0 cm³/mol. The van der Waals surface area contributed by atoms with Crippen LogP contribution in [0.5, 0.6) is 0 Å². The van der Waals surface area contributed by atoms with Gasteiger partial charge in [0.05, 0.1) is 5.75 Å². The zero-order chi connectivity index (χ0) is 13.2. The Labute approximate surface area is 106 Å². The quantitative estimate of drug-likeness (QED) is 0.812. The standard InChI is InChI=1S/C12H26N2O2S/c1-9(2)12-7-14(10(3)6-13-12)11(4)8-17(5,15)16/h9-13H,6-8H2,1-5H3. The van der Waals surface area contributed by atoms with Crippen LogP contribution in [0, 0.1) is 5.92 Å². The number of sulfone groups is 1. The maximum atomic E-state index is 11.4. The van der Waals surface area contributed by atoms with Gasteiger partial charge in [0.15, 0.2) is 0 Å². The normalized spacial score (nSPS) is 29.5. The summed E-state index contributed by atoms with van der Waals surface area (Å²) < 4.78 is 22.7. The minimum absolute atomic E-state index is 0.100. The van der Waals surface area contributed by atoms with E-state index in [4.69, 9.17) is 0 Å². The summed E-state index contributed by atoms with van der Waals surface area (Å²) >= 11 is 0. The van der Waals surface area contributed by atoms with Gasteiger partial charge in [-0.2, -0.15) is 0 Å². The Morgan fingerprint density at radius 2 is 1.94 bits per heavy atom. The smallest absolute Gasteiger partial charge is 0.148 e. The summed E-state index contributed by atoms with van der Waals surface area (Å²) in [4.78, 5) is 2.32. The maximum absolute atomic E-state index is 11.4. The summed E-state index contributed by atoms with van der Waals surface area (Å²) in [7, 11) is -2.90. The number of nitrogens with zero attached hydrogens (tertiary/aromatic N) is 1. The molecule has 1 aliphatic rings. The van der Waals surface area contributed by atoms with Gasteiger partial charge >= 0.3 is 0 Å². The molecule has 0 bridgehead atoms. The SMILES string of the molecule is CC(C)C1CN(C(C)CS(C)(=O)=O)C(C)CN1. The molecule has 3 atom stereocenters. The van der Waals surface area contributed by atoms with Crippen LogP contribution in [0.25, 0.3) is 0 Å². The summed E-state index contributed by atoms with van der Waals surface area (Å²) in [6.07, 6.45) is 1.32. The van der Waals surface area contributed by atoms with E-state index in [9.17, 15) is 8.42 Å². The first-order valence-corrected chi connectivity index (χ1v) is 8.43. The van der Waals surface area contributed by atoms with Gasteiger partial charge < -0.3 is 5.32 Å². The Morgan fingerprint density at radius 1 is 1.35 bits per heavy atom. The van der Waals surface area contributed by atoms with Gasteiger partial charge in [0.1, 0.15) is 9.84 Å². The van der Waals surface area contributed by atoms with E-state index in [1.807, 2.05) is 6.92 Å². The van der Waals surface area contributed by atoms with Gasteiger partial charge in [0, 0.05) is 37.5 Å². The van der Waals surface area contributed by atoms with Crippen molar-refractivity contribution in [3.63, 3.8) is 0 Å². The molecule has 1 aliphatic heterocycles. The zero-order valence-electron chi connectivity index (χ0n) is 11.6. The van der Waals surface area contributed by atoms with Crippen LogP contribution in [0.3, 0.4) is 0 Å². The molecule has 1 N–H and O–H groups in total. The third-order valence-corrected chi connectivity index (χ3v) is 4.65. The highest BCUT2D eigenvalue weighted by atomic mass is 32.2. The highest BCUT2D eigenvalue weighted by Crippen LogP contribution is 2.16. The van der Waals surface area contributed by atoms with Crippen molar-refractivity contribution in [1.29, 1.82) is 0 Å². The van der Waals surface area contributed by atoms with Crippen molar-refractivity contribution < 1.29 is 8.42 Å². The summed E-state index contributed by atoms with van der Waals surface area (Å²) in [5, 5.41) is 3.52. The molecule has 0 aromatic carbocycles. The molecule has 3 unspecified atom stereocenters. The molecule has 0 aromatic rings. The largest absolute Gasteiger partial charge is 0.311 e. The molecule has 0 amide bonds. The lowest BCUT2D eigenvalue weighted by Gasteiger charge is -2.43. The van der Waals surface area contributed by atoms with Gasteiger partial charge in [0.2, 0.25) is 0 Å². The summed E-state index contributed by atoms with van der Waals surface area (Å²) in [6, 6.07) is 0.971. The average Bonchev–Trinajstić information content (AvgIpc) is 2.14. The number of nitrogens with one attached hydrogen (secondary N) is 1. The molecule has 0 radical (unpaired) electrons. The molecule has 0 aliphatic carbocycles. The molecule has 0 aromatic heterocycles. The molecule has 5 heteroatoms. The first-order valence-electron chi connectivity index (χ1n) is 6.37. The van der Waals surface area contributed by atoms with E-state index in [0.717, 1.165) is 13.1 Å². The van der Waals surface area contributed by atoms with Crippen LogP contribution in [0.4, 0.5) is 0 Å². The predicted octanol–water partition coefficient (Wildman–Crippen LogP) is 0.738. The minimum atomic E-state index is -2.90. The first-order chi connectivity index (χ1) is 7.70. The van der Waals surface area contributed by atoms with Gasteiger partial charge in [-0.25, -0.2) is 8.42 Å². The maximum Gasteiger partial charge on any atom is 0.148 e. The highest BCUT2D eigenvalue weighted by molar-refractivity contribution is 7.90. The Hall–Kier alpha value is -0.130. The fourth-order valence-electron chi connectivity index (χ4n) is 2.51. The van der Waals surface area contributed by atoms with Gasteiger partial charge in [-0.05, 0) is 19.8 Å². The van der Waals surface area contributed by atoms with Crippen LogP contribution >= 0.6 is 0 Å². The number of hydrogen-bond acceptors (Lipinski definition) is 4. The first kappa shape index (κ1) is 14.9. The van der Waals surface area contributed by atoms with Crippen molar-refractivity contribution >= 4 is 9.84 Å². The van der Waals surface area contributed by atoms with Crippen molar-refractivity contribution in [2.45, 2.75) is 45.8 Å². The van der Waals surface area contributed by atoms with Gasteiger partial charge in [-0.3, -0.25) is 4.90 Å². The monoisotopic (exact) mass is 262 g/mol. The summed E-state index contributed by atoms with van der Waals surface area (Å²) in [5.74, 6) is 0.831. The number of rotatable bonds is 4. The second-order valence-corrected chi connectivity index (χ2v) is 7.93. The molecular weight excluding hydrogens is 236 g/mol. The summed E-state index contributed by atoms with van der Waals surface area (Å²) in [5.41, 5.74) is 0. The van der Waals surface area contributed by atoms with Crippen LogP contribution in [0.15, 0.2) is 0 Å². The van der Waals surface area contributed by atoms with Gasteiger partial charge in [-0.1, -0.05) is 13.8 Å². The molecule has 1 fully saturated rings. The molecule has 102 valence electrons. The van der Waals surface area contributed by atoms with Gasteiger partial charge in [-0.15, -0.1) is 0 Å². The molecule has 0 spiro atoms. The second-order valence-electron chi connectivity index (χ2n) is 5.75. The Balaban J connectivity index is 2.66. The van der Waals surface area contributed by atoms with Crippen molar-refractivity contribution in [2.24, 2.45) is 5.92 Å². The van der Waals surface area contributed by atoms with E-state index in [-0.39, 0.29) is 11.8 Å². The molecule has 1 heterocycles. The third-order valence-electron chi connectivity index (χ3n) is 3.56. The van der Waals surface area contributed by atoms with Crippen molar-refractivity contribution in [3.8, 4) is 0 Å². The number of piperazine rings is 1. The second kappa shape index (κ2) is 5.67. The van der Waals surface area contributed by atoms with E-state index in [2.05, 4.69) is 31.0 Å². The van der Waals surface area contributed by atoms with E-state index in [1.54, 1.807) is 0 Å². The van der Waals surface area contributed by atoms with E-state index < -0.39 is 9.84 Å². The lowest BCUT2D eigenvalue weighted by atomic mass is 9.99. The van der Waals surface area contributed by atoms with Crippen LogP contribution in [-0.4, -0.2) is 56.5 Å². The van der Waals surface area contributed by atoms with Crippen LogP contribution < -0.4 is 5.32 Å². The van der Waals surface area contributed by atoms with E-state index >= 15 is 0 Å². The Bertz CT molecular complexity index is 340. The van der Waals surface area contributed by atoms with Crippen LogP contribution in [-0.2, 0) is 9.84 Å².